The fourth-order valence-corrected chi connectivity index (χ4v) is 3.89. The maximum atomic E-state index is 13.5. The van der Waals surface area contributed by atoms with Crippen LogP contribution >= 0.6 is 0 Å². The lowest BCUT2D eigenvalue weighted by Crippen LogP contribution is -2.36. The van der Waals surface area contributed by atoms with Crippen LogP contribution in [0.15, 0.2) is 54.7 Å². The lowest BCUT2D eigenvalue weighted by molar-refractivity contribution is 0.0705. The van der Waals surface area contributed by atoms with Gasteiger partial charge in [0.15, 0.2) is 0 Å². The molecule has 1 saturated carbocycles. The van der Waals surface area contributed by atoms with E-state index in [0.29, 0.717) is 11.4 Å². The van der Waals surface area contributed by atoms with Crippen LogP contribution in [0.4, 0.5) is 4.39 Å². The highest BCUT2D eigenvalue weighted by atomic mass is 19.1. The van der Waals surface area contributed by atoms with Crippen molar-refractivity contribution in [1.29, 1.82) is 0 Å². The first-order valence-electron chi connectivity index (χ1n) is 8.33. The molecule has 0 bridgehead atoms. The number of nitrogens with zero attached hydrogens (tertiary/aromatic N) is 3. The van der Waals surface area contributed by atoms with E-state index < -0.39 is 5.95 Å². The lowest BCUT2D eigenvalue weighted by Gasteiger charge is -2.27. The minimum Gasteiger partial charge on any atom is -0.331 e. The molecule has 5 heteroatoms. The molecule has 5 rings (SSSR count). The van der Waals surface area contributed by atoms with E-state index in [4.69, 9.17) is 0 Å². The summed E-state index contributed by atoms with van der Waals surface area (Å²) in [7, 11) is 1.88. The zero-order valence-corrected chi connectivity index (χ0v) is 13.7. The van der Waals surface area contributed by atoms with Crippen LogP contribution in [-0.4, -0.2) is 27.4 Å². The standard InChI is InChI=1S/C20H16FN3O/c1-23-19(25)16-5-3-11-24(16)17-12-13(15-4-2-6-18(21)22-15)7-8-14(17)20(23)9-10-20/h2-8,11-12H,9-10H2,1H3. The topological polar surface area (TPSA) is 38.1 Å². The molecule has 0 N–H and O–H groups in total. The van der Waals surface area contributed by atoms with Gasteiger partial charge in [0.2, 0.25) is 5.95 Å². The number of carbonyl (C=O) groups excluding carboxylic acids is 1. The Bertz CT molecular complexity index is 1020. The Kier molecular flexibility index (Phi) is 2.76. The summed E-state index contributed by atoms with van der Waals surface area (Å²) in [5.41, 5.74) is 3.96. The van der Waals surface area contributed by atoms with Crippen molar-refractivity contribution in [3.63, 3.8) is 0 Å². The molecule has 2 aromatic heterocycles. The van der Waals surface area contributed by atoms with Gasteiger partial charge in [0.1, 0.15) is 5.69 Å². The second kappa shape index (κ2) is 4.79. The molecule has 1 aliphatic carbocycles. The van der Waals surface area contributed by atoms with Gasteiger partial charge in [-0.05, 0) is 43.2 Å². The second-order valence-electron chi connectivity index (χ2n) is 6.74. The Morgan fingerprint density at radius 2 is 1.96 bits per heavy atom. The van der Waals surface area contributed by atoms with Crippen molar-refractivity contribution >= 4 is 5.91 Å². The molecule has 25 heavy (non-hydrogen) atoms. The summed E-state index contributed by atoms with van der Waals surface area (Å²) in [6.07, 6.45) is 3.83. The van der Waals surface area contributed by atoms with E-state index in [2.05, 4.69) is 11.1 Å². The van der Waals surface area contributed by atoms with E-state index in [-0.39, 0.29) is 11.4 Å². The number of hydrogen-bond acceptors (Lipinski definition) is 2. The van der Waals surface area contributed by atoms with Gasteiger partial charge in [-0.3, -0.25) is 4.79 Å². The molecule has 1 amide bonds. The average Bonchev–Trinajstić information content (AvgIpc) is 3.30. The van der Waals surface area contributed by atoms with Crippen molar-refractivity contribution in [3.8, 4) is 16.9 Å². The van der Waals surface area contributed by atoms with Gasteiger partial charge in [-0.2, -0.15) is 4.39 Å². The molecule has 0 saturated heterocycles. The van der Waals surface area contributed by atoms with Crippen LogP contribution < -0.4 is 0 Å². The first kappa shape index (κ1) is 14.4. The Morgan fingerprint density at radius 1 is 1.12 bits per heavy atom. The van der Waals surface area contributed by atoms with Crippen LogP contribution in [-0.2, 0) is 5.54 Å². The van der Waals surface area contributed by atoms with Gasteiger partial charge >= 0.3 is 0 Å². The van der Waals surface area contributed by atoms with Crippen LogP contribution in [0.5, 0.6) is 0 Å². The molecule has 0 unspecified atom stereocenters. The number of halogens is 1. The Morgan fingerprint density at radius 3 is 2.72 bits per heavy atom. The summed E-state index contributed by atoms with van der Waals surface area (Å²) in [4.78, 5) is 18.7. The quantitative estimate of drug-likeness (QED) is 0.636. The first-order valence-corrected chi connectivity index (χ1v) is 8.33. The SMILES string of the molecule is CN1C(=O)c2cccn2-c2cc(-c3cccc(F)n3)ccc2C12CC2. The number of pyridine rings is 1. The number of rotatable bonds is 1. The minimum atomic E-state index is -0.498. The van der Waals surface area contributed by atoms with Crippen LogP contribution in [0.3, 0.4) is 0 Å². The number of hydrogen-bond donors (Lipinski definition) is 0. The Hall–Kier alpha value is -2.95. The van der Waals surface area contributed by atoms with Crippen LogP contribution in [0, 0.1) is 5.95 Å². The van der Waals surface area contributed by atoms with Crippen LogP contribution in [0.2, 0.25) is 0 Å². The van der Waals surface area contributed by atoms with E-state index in [1.165, 1.54) is 6.07 Å². The molecular weight excluding hydrogens is 317 g/mol. The normalized spacial score (nSPS) is 17.2. The highest BCUT2D eigenvalue weighted by molar-refractivity contribution is 5.95. The molecule has 2 aliphatic rings. The zero-order valence-electron chi connectivity index (χ0n) is 13.7. The van der Waals surface area contributed by atoms with E-state index in [1.807, 2.05) is 47.0 Å². The summed E-state index contributed by atoms with van der Waals surface area (Å²) in [5, 5.41) is 0. The molecule has 1 fully saturated rings. The number of amides is 1. The summed E-state index contributed by atoms with van der Waals surface area (Å²) < 4.78 is 15.4. The Balaban J connectivity index is 1.77. The zero-order chi connectivity index (χ0) is 17.2. The van der Waals surface area contributed by atoms with Crippen molar-refractivity contribution < 1.29 is 9.18 Å². The first-order chi connectivity index (χ1) is 12.1. The predicted molar refractivity (Wildman–Crippen MR) is 92.0 cm³/mol. The summed E-state index contributed by atoms with van der Waals surface area (Å²) in [6, 6.07) is 14.5. The van der Waals surface area contributed by atoms with Gasteiger partial charge < -0.3 is 9.47 Å². The number of benzene rings is 1. The molecule has 3 aromatic rings. The second-order valence-corrected chi connectivity index (χ2v) is 6.74. The third kappa shape index (κ3) is 1.92. The van der Waals surface area contributed by atoms with Crippen molar-refractivity contribution in [3.05, 3.63) is 71.9 Å². The fraction of sp³-hybridized carbons (Fsp3) is 0.200. The molecule has 124 valence electrons. The van der Waals surface area contributed by atoms with Crippen molar-refractivity contribution in [1.82, 2.24) is 14.5 Å². The van der Waals surface area contributed by atoms with Gasteiger partial charge in [0.05, 0.1) is 16.9 Å². The van der Waals surface area contributed by atoms with Gasteiger partial charge in [0.25, 0.3) is 5.91 Å². The van der Waals surface area contributed by atoms with E-state index in [1.54, 1.807) is 12.1 Å². The maximum absolute atomic E-state index is 13.5. The van der Waals surface area contributed by atoms with Crippen LogP contribution in [0.1, 0.15) is 28.9 Å². The van der Waals surface area contributed by atoms with Crippen molar-refractivity contribution in [2.75, 3.05) is 7.05 Å². The van der Waals surface area contributed by atoms with Gasteiger partial charge in [-0.25, -0.2) is 4.98 Å². The molecule has 4 nitrogen and oxygen atoms in total. The highest BCUT2D eigenvalue weighted by Gasteiger charge is 2.53. The fourth-order valence-electron chi connectivity index (χ4n) is 3.89. The van der Waals surface area contributed by atoms with Gasteiger partial charge in [-0.15, -0.1) is 0 Å². The van der Waals surface area contributed by atoms with Gasteiger partial charge in [0, 0.05) is 24.4 Å². The molecular formula is C20H16FN3O. The summed E-state index contributed by atoms with van der Waals surface area (Å²) in [5.74, 6) is -0.466. The molecule has 1 aliphatic heterocycles. The highest BCUT2D eigenvalue weighted by Crippen LogP contribution is 2.54. The monoisotopic (exact) mass is 333 g/mol. The number of aromatic nitrogens is 2. The number of carbonyl (C=O) groups is 1. The van der Waals surface area contributed by atoms with E-state index in [9.17, 15) is 9.18 Å². The average molecular weight is 333 g/mol. The molecule has 1 spiro atoms. The lowest BCUT2D eigenvalue weighted by atomic mass is 9.98. The minimum absolute atomic E-state index is 0.0316. The van der Waals surface area contributed by atoms with Crippen LogP contribution in [0.25, 0.3) is 16.9 Å². The third-order valence-electron chi connectivity index (χ3n) is 5.41. The molecule has 3 heterocycles. The smallest absolute Gasteiger partial charge is 0.271 e. The van der Waals surface area contributed by atoms with Crippen molar-refractivity contribution in [2.24, 2.45) is 0 Å². The number of fused-ring (bicyclic) bond motifs is 4. The molecule has 1 aromatic carbocycles. The van der Waals surface area contributed by atoms with Crippen molar-refractivity contribution in [2.45, 2.75) is 18.4 Å². The van der Waals surface area contributed by atoms with E-state index in [0.717, 1.165) is 29.7 Å². The van der Waals surface area contributed by atoms with Gasteiger partial charge in [-0.1, -0.05) is 18.2 Å². The molecule has 0 atom stereocenters. The third-order valence-corrected chi connectivity index (χ3v) is 5.41. The summed E-state index contributed by atoms with van der Waals surface area (Å²) in [6.45, 7) is 0. The Labute approximate surface area is 144 Å². The van der Waals surface area contributed by atoms with E-state index >= 15 is 0 Å². The largest absolute Gasteiger partial charge is 0.331 e. The maximum Gasteiger partial charge on any atom is 0.271 e. The predicted octanol–water partition coefficient (Wildman–Crippen LogP) is 3.75. The molecule has 0 radical (unpaired) electrons. The summed E-state index contributed by atoms with van der Waals surface area (Å²) >= 11 is 0.